The largest absolute Gasteiger partial charge is 0.481 e. The highest BCUT2D eigenvalue weighted by atomic mass is 16.4. The summed E-state index contributed by atoms with van der Waals surface area (Å²) in [5.74, 6) is 5.12. The molecule has 4 nitrogen and oxygen atoms in total. The molecular weight excluding hydrogens is 617 g/mol. The normalized spacial score (nSPS) is 40.9. The minimum Gasteiger partial charge on any atom is -0.481 e. The van der Waals surface area contributed by atoms with Crippen LogP contribution in [0.1, 0.15) is 162 Å². The number of aliphatic carboxylic acids is 1. The molecule has 5 aliphatic rings. The number of hydrogen-bond donors (Lipinski definition) is 2. The van der Waals surface area contributed by atoms with Gasteiger partial charge in [-0.15, -0.1) is 6.58 Å². The second kappa shape index (κ2) is 18.4. The third-order valence-electron chi connectivity index (χ3n) is 15.2. The molecule has 0 spiro atoms. The standard InChI is InChI=1S/C37H60O2.C3H6.C2H4O2.2C2H6/c1-12-22(3)34(7,8)37(11)23(4)17-21(2)33-31(37)19-30-32-25(6)27(18-24(5)38)28-14-13-26(39)20-36(28,10)29(32)15-16-35(30,33)9;1-3-2;1-2(3)4;2*1-2/h17,21,25-33,39H,3,12-16,18-20H2,1-2,4-11H3;3H,1H2,2H3;1H3,(H,3,4);2*1-2H3/t21-,25?,26+,27?,28?,29?,30?,31?,32?,33?,35?,36?,37?;;;;/m1..../s1. The van der Waals surface area contributed by atoms with Crippen LogP contribution in [0.2, 0.25) is 0 Å². The molecule has 0 amide bonds. The fourth-order valence-electron chi connectivity index (χ4n) is 13.0. The number of carbonyl (C=O) groups is 2. The Kier molecular flexibility index (Phi) is 17.0. The van der Waals surface area contributed by atoms with Gasteiger partial charge in [-0.3, -0.25) is 4.79 Å². The maximum absolute atomic E-state index is 12.7. The number of Topliss-reactive ketones (excluding diaryl/α,β-unsaturated/α-hetero) is 1. The Balaban J connectivity index is 0.00000101. The lowest BCUT2D eigenvalue weighted by atomic mass is 9.39. The van der Waals surface area contributed by atoms with Crippen molar-refractivity contribution < 1.29 is 19.8 Å². The van der Waals surface area contributed by atoms with Gasteiger partial charge in [0, 0.05) is 18.8 Å². The van der Waals surface area contributed by atoms with Crippen molar-refractivity contribution in [2.75, 3.05) is 0 Å². The fourth-order valence-corrected chi connectivity index (χ4v) is 13.0. The van der Waals surface area contributed by atoms with Gasteiger partial charge in [-0.1, -0.05) is 113 Å². The van der Waals surface area contributed by atoms with E-state index in [1.165, 1.54) is 24.8 Å². The molecule has 0 radical (unpaired) electrons. The van der Waals surface area contributed by atoms with Crippen LogP contribution >= 0.6 is 0 Å². The predicted molar refractivity (Wildman–Crippen MR) is 215 cm³/mol. The first-order chi connectivity index (χ1) is 23.2. The minimum absolute atomic E-state index is 0.0501. The van der Waals surface area contributed by atoms with E-state index in [1.807, 2.05) is 41.5 Å². The molecule has 5 rings (SSSR count). The smallest absolute Gasteiger partial charge is 0.300 e. The topological polar surface area (TPSA) is 74.6 Å². The molecule has 2 N–H and O–H groups in total. The van der Waals surface area contributed by atoms with E-state index in [0.717, 1.165) is 39.0 Å². The molecule has 0 aliphatic heterocycles. The van der Waals surface area contributed by atoms with Crippen molar-refractivity contribution in [1.82, 2.24) is 0 Å². The van der Waals surface area contributed by atoms with Crippen LogP contribution in [0.25, 0.3) is 0 Å². The molecule has 0 aromatic rings. The first kappa shape index (κ1) is 46.3. The highest BCUT2D eigenvalue weighted by Gasteiger charge is 2.69. The molecule has 11 unspecified atom stereocenters. The summed E-state index contributed by atoms with van der Waals surface area (Å²) >= 11 is 0. The van der Waals surface area contributed by atoms with E-state index in [2.05, 4.69) is 81.5 Å². The summed E-state index contributed by atoms with van der Waals surface area (Å²) < 4.78 is 0. The van der Waals surface area contributed by atoms with E-state index in [9.17, 15) is 9.90 Å². The summed E-state index contributed by atoms with van der Waals surface area (Å²) in [5, 5.41) is 18.4. The SMILES string of the molecule is C=C(CC)C(C)(C)C1(C)C(C)=C[C@@H](C)C2C1CC1C3C(C)C(CC(C)=O)C4CC[C@H](O)CC4(C)C3CCC12C.C=CC.CC.CC.CC(=O)O. The molecule has 0 heterocycles. The monoisotopic (exact) mass is 699 g/mol. The second-order valence-corrected chi connectivity index (χ2v) is 17.6. The zero-order valence-electron chi connectivity index (χ0n) is 35.7. The Morgan fingerprint density at radius 3 is 1.96 bits per heavy atom. The van der Waals surface area contributed by atoms with Gasteiger partial charge in [-0.05, 0) is 135 Å². The van der Waals surface area contributed by atoms with Crippen LogP contribution in [0.4, 0.5) is 0 Å². The van der Waals surface area contributed by atoms with Gasteiger partial charge < -0.3 is 15.0 Å². The van der Waals surface area contributed by atoms with Crippen LogP contribution in [0, 0.1) is 74.9 Å². The molecule has 0 bridgehead atoms. The van der Waals surface area contributed by atoms with E-state index in [4.69, 9.17) is 9.90 Å². The molecule has 5 aliphatic carbocycles. The molecule has 4 fully saturated rings. The minimum atomic E-state index is -0.833. The molecule has 4 saturated carbocycles. The van der Waals surface area contributed by atoms with Gasteiger partial charge in [0.15, 0.2) is 0 Å². The lowest BCUT2D eigenvalue weighted by Crippen LogP contribution is -2.60. The first-order valence-electron chi connectivity index (χ1n) is 20.5. The molecule has 0 aromatic carbocycles. The van der Waals surface area contributed by atoms with Crippen molar-refractivity contribution >= 4 is 11.8 Å². The van der Waals surface area contributed by atoms with E-state index in [-0.39, 0.29) is 22.3 Å². The zero-order chi connectivity index (χ0) is 39.2. The Hall–Kier alpha value is -1.68. The third kappa shape index (κ3) is 8.26. The average Bonchev–Trinajstić information content (AvgIpc) is 3.37. The summed E-state index contributed by atoms with van der Waals surface area (Å²) in [6.07, 6.45) is 12.9. The van der Waals surface area contributed by atoms with Gasteiger partial charge in [0.05, 0.1) is 6.10 Å². The van der Waals surface area contributed by atoms with Gasteiger partial charge in [-0.25, -0.2) is 0 Å². The first-order valence-corrected chi connectivity index (χ1v) is 20.5. The number of carbonyl (C=O) groups excluding carboxylic acids is 1. The Labute approximate surface area is 310 Å². The van der Waals surface area contributed by atoms with Gasteiger partial charge in [0.1, 0.15) is 5.78 Å². The van der Waals surface area contributed by atoms with E-state index in [0.29, 0.717) is 64.5 Å². The lowest BCUT2D eigenvalue weighted by molar-refractivity contribution is -0.180. The van der Waals surface area contributed by atoms with Crippen molar-refractivity contribution in [3.63, 3.8) is 0 Å². The quantitative estimate of drug-likeness (QED) is 0.280. The van der Waals surface area contributed by atoms with Crippen LogP contribution < -0.4 is 0 Å². The molecule has 50 heavy (non-hydrogen) atoms. The third-order valence-corrected chi connectivity index (χ3v) is 15.2. The molecule has 290 valence electrons. The van der Waals surface area contributed by atoms with E-state index >= 15 is 0 Å². The van der Waals surface area contributed by atoms with Gasteiger partial charge in [0.2, 0.25) is 0 Å². The number of rotatable bonds is 5. The average molecular weight is 699 g/mol. The molecule has 13 atom stereocenters. The van der Waals surface area contributed by atoms with Crippen molar-refractivity contribution in [3.05, 3.63) is 36.5 Å². The lowest BCUT2D eigenvalue weighted by Gasteiger charge is -2.65. The zero-order valence-corrected chi connectivity index (χ0v) is 35.7. The van der Waals surface area contributed by atoms with E-state index < -0.39 is 5.97 Å². The van der Waals surface area contributed by atoms with Crippen molar-refractivity contribution in [3.8, 4) is 0 Å². The van der Waals surface area contributed by atoms with Gasteiger partial charge >= 0.3 is 0 Å². The number of aliphatic hydroxyl groups is 1. The van der Waals surface area contributed by atoms with E-state index in [1.54, 1.807) is 11.6 Å². The summed E-state index contributed by atoms with van der Waals surface area (Å²) in [4.78, 5) is 21.7. The van der Waals surface area contributed by atoms with Crippen molar-refractivity contribution in [2.24, 2.45) is 74.9 Å². The highest BCUT2D eigenvalue weighted by molar-refractivity contribution is 5.75. The van der Waals surface area contributed by atoms with Crippen LogP contribution in [0.15, 0.2) is 36.5 Å². The number of fused-ring (bicyclic) bond motifs is 7. The molecular formula is C46H82O4. The van der Waals surface area contributed by atoms with Crippen molar-refractivity contribution in [1.29, 1.82) is 0 Å². The van der Waals surface area contributed by atoms with Crippen LogP contribution in [0.3, 0.4) is 0 Å². The summed E-state index contributed by atoms with van der Waals surface area (Å²) in [6, 6.07) is 0. The van der Waals surface area contributed by atoms with Crippen LogP contribution in [0.5, 0.6) is 0 Å². The highest BCUT2D eigenvalue weighted by Crippen LogP contribution is 2.76. The maximum atomic E-state index is 12.7. The number of ketones is 1. The number of hydrogen-bond acceptors (Lipinski definition) is 3. The number of allylic oxidation sites excluding steroid dienone is 4. The maximum Gasteiger partial charge on any atom is 0.300 e. The predicted octanol–water partition coefficient (Wildman–Crippen LogP) is 12.6. The second-order valence-electron chi connectivity index (χ2n) is 17.6. The summed E-state index contributed by atoms with van der Waals surface area (Å²) in [7, 11) is 0. The fraction of sp³-hybridized carbons (Fsp3) is 0.826. The number of aliphatic hydroxyl groups excluding tert-OH is 1. The summed E-state index contributed by atoms with van der Waals surface area (Å²) in [6.45, 7) is 43.3. The van der Waals surface area contributed by atoms with Gasteiger partial charge in [-0.2, -0.15) is 0 Å². The Bertz CT molecular complexity index is 1180. The number of carboxylic acid groups (broad SMARTS) is 1. The Morgan fingerprint density at radius 1 is 0.960 bits per heavy atom. The molecule has 0 saturated heterocycles. The van der Waals surface area contributed by atoms with Gasteiger partial charge in [0.25, 0.3) is 5.97 Å². The summed E-state index contributed by atoms with van der Waals surface area (Å²) in [5.41, 5.74) is 3.62. The van der Waals surface area contributed by atoms with Crippen LogP contribution in [-0.4, -0.2) is 28.1 Å². The molecule has 0 aromatic heterocycles. The number of carboxylic acids is 1. The van der Waals surface area contributed by atoms with Crippen molar-refractivity contribution in [2.45, 2.75) is 168 Å². The molecule has 4 heteroatoms. The Morgan fingerprint density at radius 2 is 1.48 bits per heavy atom. The van der Waals surface area contributed by atoms with Crippen LogP contribution in [-0.2, 0) is 9.59 Å².